The molecule has 6 nitrogen and oxygen atoms in total. The number of rotatable bonds is 9. The minimum atomic E-state index is -4.47. The van der Waals surface area contributed by atoms with Crippen molar-refractivity contribution in [3.63, 3.8) is 0 Å². The standard InChI is InChI=1S/C28H21F3O6S/c29-28(30,31)21-6-8-22(9-7-21)37-23-10-12-25(13-11-23)38(34,35)26-15-20(16-27(32)33)14-24(17-26)36-18-19-4-2-1-3-5-19/h1-15,17H,16,18H2,(H,32,33). The molecule has 10 heteroatoms. The van der Waals surface area contributed by atoms with Crippen LogP contribution in [0.25, 0.3) is 0 Å². The Morgan fingerprint density at radius 1 is 0.737 bits per heavy atom. The van der Waals surface area contributed by atoms with Gasteiger partial charge in [0.15, 0.2) is 0 Å². The van der Waals surface area contributed by atoms with Crippen LogP contribution >= 0.6 is 0 Å². The van der Waals surface area contributed by atoms with Crippen LogP contribution in [0.3, 0.4) is 0 Å². The molecule has 4 rings (SSSR count). The lowest BCUT2D eigenvalue weighted by Crippen LogP contribution is -2.07. The number of carbonyl (C=O) groups is 1. The maximum atomic E-state index is 13.3. The molecular formula is C28H21F3O6S. The van der Waals surface area contributed by atoms with Crippen molar-refractivity contribution in [2.45, 2.75) is 29.0 Å². The molecule has 0 atom stereocenters. The minimum Gasteiger partial charge on any atom is -0.489 e. The van der Waals surface area contributed by atoms with Gasteiger partial charge in [-0.05, 0) is 77.9 Å². The van der Waals surface area contributed by atoms with Crippen molar-refractivity contribution < 1.29 is 41.0 Å². The second kappa shape index (κ2) is 11.0. The molecule has 1 N–H and O–H groups in total. The van der Waals surface area contributed by atoms with E-state index in [9.17, 15) is 31.5 Å². The zero-order valence-electron chi connectivity index (χ0n) is 19.7. The zero-order chi connectivity index (χ0) is 27.3. The van der Waals surface area contributed by atoms with Crippen LogP contribution in [-0.4, -0.2) is 19.5 Å². The first kappa shape index (κ1) is 26.7. The van der Waals surface area contributed by atoms with Gasteiger partial charge in [0.1, 0.15) is 23.9 Å². The molecule has 0 unspecified atom stereocenters. The van der Waals surface area contributed by atoms with Crippen LogP contribution in [0.1, 0.15) is 16.7 Å². The summed E-state index contributed by atoms with van der Waals surface area (Å²) in [7, 11) is -4.07. The summed E-state index contributed by atoms with van der Waals surface area (Å²) < 4.78 is 76.2. The zero-order valence-corrected chi connectivity index (χ0v) is 20.5. The summed E-state index contributed by atoms with van der Waals surface area (Å²) in [6.07, 6.45) is -4.87. The first-order valence-electron chi connectivity index (χ1n) is 11.2. The van der Waals surface area contributed by atoms with E-state index in [4.69, 9.17) is 9.47 Å². The molecule has 0 aliphatic heterocycles. The van der Waals surface area contributed by atoms with Crippen molar-refractivity contribution in [2.24, 2.45) is 0 Å². The highest BCUT2D eigenvalue weighted by Gasteiger charge is 2.30. The Labute approximate surface area is 216 Å². The fourth-order valence-corrected chi connectivity index (χ4v) is 4.90. The van der Waals surface area contributed by atoms with E-state index in [1.54, 1.807) is 0 Å². The molecule has 0 bridgehead atoms. The first-order valence-corrected chi connectivity index (χ1v) is 12.7. The molecule has 0 radical (unpaired) electrons. The number of carboxylic acids is 1. The third kappa shape index (κ3) is 6.71. The van der Waals surface area contributed by atoms with Gasteiger partial charge >= 0.3 is 12.1 Å². The third-order valence-electron chi connectivity index (χ3n) is 5.41. The molecule has 0 fully saturated rings. The van der Waals surface area contributed by atoms with Gasteiger partial charge in [0.05, 0.1) is 21.8 Å². The molecule has 4 aromatic carbocycles. The number of hydrogen-bond acceptors (Lipinski definition) is 5. The average molecular weight is 543 g/mol. The lowest BCUT2D eigenvalue weighted by molar-refractivity contribution is -0.138. The van der Waals surface area contributed by atoms with Crippen molar-refractivity contribution in [3.8, 4) is 17.2 Å². The van der Waals surface area contributed by atoms with Crippen molar-refractivity contribution in [1.29, 1.82) is 0 Å². The number of ether oxygens (including phenoxy) is 2. The highest BCUT2D eigenvalue weighted by molar-refractivity contribution is 7.91. The van der Waals surface area contributed by atoms with Crippen LogP contribution in [0.15, 0.2) is 107 Å². The SMILES string of the molecule is O=C(O)Cc1cc(OCc2ccccc2)cc(S(=O)(=O)c2ccc(Oc3ccc(C(F)(F)F)cc3)cc2)c1. The van der Waals surface area contributed by atoms with Crippen LogP contribution in [0, 0.1) is 0 Å². The Kier molecular flexibility index (Phi) is 7.72. The lowest BCUT2D eigenvalue weighted by atomic mass is 10.1. The summed E-state index contributed by atoms with van der Waals surface area (Å²) in [5.41, 5.74) is 0.289. The molecule has 4 aromatic rings. The Morgan fingerprint density at radius 2 is 1.34 bits per heavy atom. The summed E-state index contributed by atoms with van der Waals surface area (Å²) in [5.74, 6) is -0.558. The van der Waals surface area contributed by atoms with Crippen LogP contribution < -0.4 is 9.47 Å². The Morgan fingerprint density at radius 3 is 1.92 bits per heavy atom. The van der Waals surface area contributed by atoms with Crippen LogP contribution in [0.4, 0.5) is 13.2 Å². The van der Waals surface area contributed by atoms with E-state index in [0.717, 1.165) is 17.7 Å². The smallest absolute Gasteiger partial charge is 0.416 e. The molecule has 0 saturated heterocycles. The van der Waals surface area contributed by atoms with Gasteiger partial charge in [-0.1, -0.05) is 30.3 Å². The maximum Gasteiger partial charge on any atom is 0.416 e. The highest BCUT2D eigenvalue weighted by atomic mass is 32.2. The number of halogens is 3. The largest absolute Gasteiger partial charge is 0.489 e. The molecule has 0 heterocycles. The normalized spacial score (nSPS) is 11.7. The van der Waals surface area contributed by atoms with E-state index >= 15 is 0 Å². The van der Waals surface area contributed by atoms with Crippen molar-refractivity contribution in [3.05, 3.63) is 114 Å². The molecule has 38 heavy (non-hydrogen) atoms. The summed E-state index contributed by atoms with van der Waals surface area (Å²) in [4.78, 5) is 11.1. The highest BCUT2D eigenvalue weighted by Crippen LogP contribution is 2.32. The number of benzene rings is 4. The molecule has 0 saturated carbocycles. The van der Waals surface area contributed by atoms with E-state index in [0.29, 0.717) is 0 Å². The summed E-state index contributed by atoms with van der Waals surface area (Å²) in [6, 6.07) is 22.7. The van der Waals surface area contributed by atoms with E-state index in [1.165, 1.54) is 54.6 Å². The van der Waals surface area contributed by atoms with Crippen LogP contribution in [0.5, 0.6) is 17.2 Å². The van der Waals surface area contributed by atoms with Gasteiger partial charge in [-0.15, -0.1) is 0 Å². The first-order chi connectivity index (χ1) is 18.0. The molecule has 0 aliphatic carbocycles. The number of sulfone groups is 1. The quantitative estimate of drug-likeness (QED) is 0.258. The number of carboxylic acid groups (broad SMARTS) is 1. The number of aliphatic carboxylic acids is 1. The second-order valence-electron chi connectivity index (χ2n) is 8.26. The van der Waals surface area contributed by atoms with Gasteiger partial charge in [-0.3, -0.25) is 4.79 Å². The van der Waals surface area contributed by atoms with E-state index in [-0.39, 0.29) is 39.2 Å². The van der Waals surface area contributed by atoms with E-state index < -0.39 is 34.0 Å². The molecular weight excluding hydrogens is 521 g/mol. The Hall–Kier alpha value is -4.31. The lowest BCUT2D eigenvalue weighted by Gasteiger charge is -2.12. The van der Waals surface area contributed by atoms with Crippen molar-refractivity contribution in [2.75, 3.05) is 0 Å². The summed E-state index contributed by atoms with van der Waals surface area (Å²) >= 11 is 0. The molecule has 0 spiro atoms. The Balaban J connectivity index is 1.56. The minimum absolute atomic E-state index is 0.0845. The average Bonchev–Trinajstić information content (AvgIpc) is 2.88. The van der Waals surface area contributed by atoms with Crippen molar-refractivity contribution in [1.82, 2.24) is 0 Å². The van der Waals surface area contributed by atoms with Gasteiger partial charge in [0.2, 0.25) is 9.84 Å². The summed E-state index contributed by atoms with van der Waals surface area (Å²) in [6.45, 7) is 0.160. The predicted molar refractivity (Wildman–Crippen MR) is 132 cm³/mol. The molecule has 0 aromatic heterocycles. The molecule has 0 aliphatic rings. The molecule has 196 valence electrons. The monoisotopic (exact) mass is 542 g/mol. The number of alkyl halides is 3. The second-order valence-corrected chi connectivity index (χ2v) is 10.2. The Bertz CT molecular complexity index is 1520. The topological polar surface area (TPSA) is 89.9 Å². The van der Waals surface area contributed by atoms with Gasteiger partial charge < -0.3 is 14.6 Å². The number of hydrogen-bond donors (Lipinski definition) is 1. The van der Waals surface area contributed by atoms with Gasteiger partial charge in [0, 0.05) is 0 Å². The predicted octanol–water partition coefficient (Wildman–Crippen LogP) is 6.54. The summed E-state index contributed by atoms with van der Waals surface area (Å²) in [5, 5.41) is 9.22. The fraction of sp³-hybridized carbons (Fsp3) is 0.107. The van der Waals surface area contributed by atoms with Gasteiger partial charge in [0.25, 0.3) is 0 Å². The maximum absolute atomic E-state index is 13.3. The van der Waals surface area contributed by atoms with Crippen LogP contribution in [-0.2, 0) is 33.8 Å². The van der Waals surface area contributed by atoms with E-state index in [1.807, 2.05) is 30.3 Å². The van der Waals surface area contributed by atoms with Gasteiger partial charge in [-0.25, -0.2) is 8.42 Å². The van der Waals surface area contributed by atoms with Gasteiger partial charge in [-0.2, -0.15) is 13.2 Å². The fourth-order valence-electron chi connectivity index (χ4n) is 3.56. The van der Waals surface area contributed by atoms with Crippen LogP contribution in [0.2, 0.25) is 0 Å². The molecule has 0 amide bonds. The van der Waals surface area contributed by atoms with Crippen molar-refractivity contribution >= 4 is 15.8 Å². The van der Waals surface area contributed by atoms with E-state index in [2.05, 4.69) is 0 Å². The third-order valence-corrected chi connectivity index (χ3v) is 7.15.